The SMILES string of the molecule is COCC(COC(C)(C)CI)OC. The summed E-state index contributed by atoms with van der Waals surface area (Å²) in [7, 11) is 3.33. The zero-order chi connectivity index (χ0) is 10.3. The first-order valence-corrected chi connectivity index (χ1v) is 5.80. The molecule has 0 spiro atoms. The summed E-state index contributed by atoms with van der Waals surface area (Å²) in [4.78, 5) is 0. The first kappa shape index (κ1) is 13.6. The van der Waals surface area contributed by atoms with Gasteiger partial charge in [-0.1, -0.05) is 22.6 Å². The first-order valence-electron chi connectivity index (χ1n) is 4.27. The third kappa shape index (κ3) is 6.65. The van der Waals surface area contributed by atoms with Gasteiger partial charge in [0.1, 0.15) is 6.10 Å². The minimum absolute atomic E-state index is 0.0345. The Morgan fingerprint density at radius 3 is 2.23 bits per heavy atom. The molecule has 0 amide bonds. The molecule has 1 unspecified atom stereocenters. The Morgan fingerprint density at radius 1 is 1.23 bits per heavy atom. The van der Waals surface area contributed by atoms with Gasteiger partial charge >= 0.3 is 0 Å². The number of hydrogen-bond donors (Lipinski definition) is 0. The van der Waals surface area contributed by atoms with Gasteiger partial charge < -0.3 is 14.2 Å². The minimum atomic E-state index is -0.0783. The molecule has 0 fully saturated rings. The Labute approximate surface area is 94.3 Å². The van der Waals surface area contributed by atoms with Crippen LogP contribution in [0.4, 0.5) is 0 Å². The highest BCUT2D eigenvalue weighted by Gasteiger charge is 2.18. The average Bonchev–Trinajstić information content (AvgIpc) is 2.12. The lowest BCUT2D eigenvalue weighted by Gasteiger charge is -2.25. The zero-order valence-corrected chi connectivity index (χ0v) is 11.0. The van der Waals surface area contributed by atoms with Crippen molar-refractivity contribution in [2.45, 2.75) is 25.6 Å². The summed E-state index contributed by atoms with van der Waals surface area (Å²) in [5.41, 5.74) is -0.0783. The Kier molecular flexibility index (Phi) is 7.30. The molecule has 0 aromatic rings. The normalized spacial score (nSPS) is 14.5. The molecule has 0 aliphatic carbocycles. The summed E-state index contributed by atoms with van der Waals surface area (Å²) < 4.78 is 16.8. The van der Waals surface area contributed by atoms with Crippen molar-refractivity contribution in [2.75, 3.05) is 31.9 Å². The van der Waals surface area contributed by atoms with Crippen LogP contribution in [0.25, 0.3) is 0 Å². The van der Waals surface area contributed by atoms with E-state index in [9.17, 15) is 0 Å². The van der Waals surface area contributed by atoms with Crippen LogP contribution in [-0.4, -0.2) is 43.6 Å². The van der Waals surface area contributed by atoms with E-state index in [2.05, 4.69) is 36.4 Å². The summed E-state index contributed by atoms with van der Waals surface area (Å²) in [6.07, 6.45) is 0.0345. The lowest BCUT2D eigenvalue weighted by molar-refractivity contribution is -0.0765. The van der Waals surface area contributed by atoms with E-state index < -0.39 is 0 Å². The fraction of sp³-hybridized carbons (Fsp3) is 1.00. The van der Waals surface area contributed by atoms with E-state index in [1.165, 1.54) is 0 Å². The average molecular weight is 302 g/mol. The van der Waals surface area contributed by atoms with Crippen LogP contribution in [0.1, 0.15) is 13.8 Å². The lowest BCUT2D eigenvalue weighted by Crippen LogP contribution is -2.33. The van der Waals surface area contributed by atoms with Gasteiger partial charge in [-0.25, -0.2) is 0 Å². The summed E-state index contributed by atoms with van der Waals surface area (Å²) in [5, 5.41) is 0. The van der Waals surface area contributed by atoms with Crippen LogP contribution < -0.4 is 0 Å². The van der Waals surface area contributed by atoms with Crippen molar-refractivity contribution in [3.05, 3.63) is 0 Å². The van der Waals surface area contributed by atoms with Crippen LogP contribution in [0, 0.1) is 0 Å². The number of halogens is 1. The Morgan fingerprint density at radius 2 is 1.85 bits per heavy atom. The van der Waals surface area contributed by atoms with Gasteiger partial charge in [0.2, 0.25) is 0 Å². The van der Waals surface area contributed by atoms with E-state index in [1.807, 2.05) is 0 Å². The second-order valence-electron chi connectivity index (χ2n) is 3.52. The standard InChI is InChI=1S/C9H19IO3/c1-9(2,7-10)13-6-8(12-4)5-11-3/h8H,5-7H2,1-4H3. The molecule has 0 aromatic carbocycles. The molecule has 0 aliphatic rings. The van der Waals surface area contributed by atoms with E-state index in [0.717, 1.165) is 4.43 Å². The molecule has 13 heavy (non-hydrogen) atoms. The fourth-order valence-corrected chi connectivity index (χ4v) is 0.947. The Balaban J connectivity index is 3.70. The Hall–Kier alpha value is 0.610. The van der Waals surface area contributed by atoms with Crippen LogP contribution in [0.2, 0.25) is 0 Å². The Bertz CT molecular complexity index is 128. The molecule has 0 heterocycles. The van der Waals surface area contributed by atoms with Crippen molar-refractivity contribution < 1.29 is 14.2 Å². The molecule has 0 radical (unpaired) electrons. The van der Waals surface area contributed by atoms with Gasteiger partial charge in [-0.3, -0.25) is 0 Å². The number of rotatable bonds is 7. The molecular weight excluding hydrogens is 283 g/mol. The van der Waals surface area contributed by atoms with E-state index in [4.69, 9.17) is 14.2 Å². The molecule has 4 heteroatoms. The van der Waals surface area contributed by atoms with Crippen molar-refractivity contribution in [1.29, 1.82) is 0 Å². The van der Waals surface area contributed by atoms with Crippen LogP contribution in [0.15, 0.2) is 0 Å². The summed E-state index contributed by atoms with van der Waals surface area (Å²) >= 11 is 2.31. The first-order chi connectivity index (χ1) is 6.05. The maximum atomic E-state index is 5.67. The van der Waals surface area contributed by atoms with Gasteiger partial charge in [0, 0.05) is 18.6 Å². The van der Waals surface area contributed by atoms with Crippen LogP contribution >= 0.6 is 22.6 Å². The largest absolute Gasteiger partial charge is 0.382 e. The molecular formula is C9H19IO3. The van der Waals surface area contributed by atoms with Gasteiger partial charge in [-0.05, 0) is 13.8 Å². The maximum absolute atomic E-state index is 5.67. The molecule has 0 saturated heterocycles. The second kappa shape index (κ2) is 6.98. The highest BCUT2D eigenvalue weighted by atomic mass is 127. The van der Waals surface area contributed by atoms with Crippen molar-refractivity contribution >= 4 is 22.6 Å². The quantitative estimate of drug-likeness (QED) is 0.531. The van der Waals surface area contributed by atoms with E-state index in [0.29, 0.717) is 13.2 Å². The highest BCUT2D eigenvalue weighted by Crippen LogP contribution is 2.13. The number of alkyl halides is 1. The zero-order valence-electron chi connectivity index (χ0n) is 8.80. The van der Waals surface area contributed by atoms with Gasteiger partial charge in [0.05, 0.1) is 18.8 Å². The van der Waals surface area contributed by atoms with Crippen molar-refractivity contribution in [3.8, 4) is 0 Å². The third-order valence-electron chi connectivity index (χ3n) is 1.67. The van der Waals surface area contributed by atoms with Crippen molar-refractivity contribution in [3.63, 3.8) is 0 Å². The van der Waals surface area contributed by atoms with Crippen LogP contribution in [0.5, 0.6) is 0 Å². The molecule has 80 valence electrons. The predicted octanol–water partition coefficient (Wildman–Crippen LogP) is 1.88. The second-order valence-corrected chi connectivity index (χ2v) is 4.28. The van der Waals surface area contributed by atoms with E-state index in [-0.39, 0.29) is 11.7 Å². The van der Waals surface area contributed by atoms with Gasteiger partial charge in [0.15, 0.2) is 0 Å². The molecule has 0 rings (SSSR count). The summed E-state index contributed by atoms with van der Waals surface area (Å²) in [6, 6.07) is 0. The predicted molar refractivity (Wildman–Crippen MR) is 61.6 cm³/mol. The van der Waals surface area contributed by atoms with Crippen molar-refractivity contribution in [2.24, 2.45) is 0 Å². The molecule has 0 aromatic heterocycles. The smallest absolute Gasteiger partial charge is 0.104 e. The van der Waals surface area contributed by atoms with E-state index >= 15 is 0 Å². The molecule has 1 atom stereocenters. The van der Waals surface area contributed by atoms with Crippen molar-refractivity contribution in [1.82, 2.24) is 0 Å². The number of methoxy groups -OCH3 is 2. The number of ether oxygens (including phenoxy) is 3. The topological polar surface area (TPSA) is 27.7 Å². The minimum Gasteiger partial charge on any atom is -0.382 e. The molecule has 0 saturated carbocycles. The molecule has 0 bridgehead atoms. The van der Waals surface area contributed by atoms with E-state index in [1.54, 1.807) is 14.2 Å². The molecule has 3 nitrogen and oxygen atoms in total. The summed E-state index contributed by atoms with van der Waals surface area (Å²) in [5.74, 6) is 0. The lowest BCUT2D eigenvalue weighted by atomic mass is 10.2. The summed E-state index contributed by atoms with van der Waals surface area (Å²) in [6.45, 7) is 5.30. The highest BCUT2D eigenvalue weighted by molar-refractivity contribution is 14.1. The number of hydrogen-bond acceptors (Lipinski definition) is 3. The van der Waals surface area contributed by atoms with Crippen LogP contribution in [-0.2, 0) is 14.2 Å². The monoisotopic (exact) mass is 302 g/mol. The molecule has 0 N–H and O–H groups in total. The molecule has 0 aliphatic heterocycles. The van der Waals surface area contributed by atoms with Gasteiger partial charge in [-0.15, -0.1) is 0 Å². The van der Waals surface area contributed by atoms with Crippen LogP contribution in [0.3, 0.4) is 0 Å². The fourth-order valence-electron chi connectivity index (χ4n) is 0.727. The van der Waals surface area contributed by atoms with Gasteiger partial charge in [0.25, 0.3) is 0 Å². The third-order valence-corrected chi connectivity index (χ3v) is 3.50. The maximum Gasteiger partial charge on any atom is 0.104 e. The van der Waals surface area contributed by atoms with Gasteiger partial charge in [-0.2, -0.15) is 0 Å².